The molecule has 2 N–H and O–H groups in total. The summed E-state index contributed by atoms with van der Waals surface area (Å²) in [6.07, 6.45) is 2.97. The molecule has 4 aromatic heterocycles. The summed E-state index contributed by atoms with van der Waals surface area (Å²) in [4.78, 5) is 48.8. The molecule has 0 bridgehead atoms. The molecule has 4 heterocycles. The Hall–Kier alpha value is -4.31. The first-order valence-corrected chi connectivity index (χ1v) is 11.7. The van der Waals surface area contributed by atoms with Crippen LogP contribution in [0.2, 0.25) is 0 Å². The van der Waals surface area contributed by atoms with Gasteiger partial charge in [-0.2, -0.15) is 0 Å². The SMILES string of the molecule is Cc1sc2ncn(CCC(=O)NNC(=O)c3cc(-c4ccco4)nc4ccccc34)c(=O)c2c1C. The van der Waals surface area contributed by atoms with Crippen molar-refractivity contribution in [1.29, 1.82) is 0 Å². The monoisotopic (exact) mass is 487 g/mol. The van der Waals surface area contributed by atoms with Crippen LogP contribution in [0, 0.1) is 13.8 Å². The fourth-order valence-corrected chi connectivity index (χ4v) is 4.81. The number of amides is 2. The predicted molar refractivity (Wildman–Crippen MR) is 133 cm³/mol. The van der Waals surface area contributed by atoms with Gasteiger partial charge in [-0.05, 0) is 43.7 Å². The molecule has 176 valence electrons. The van der Waals surface area contributed by atoms with Crippen LogP contribution in [0.4, 0.5) is 0 Å². The third-order valence-electron chi connectivity index (χ3n) is 5.79. The lowest BCUT2D eigenvalue weighted by atomic mass is 10.1. The van der Waals surface area contributed by atoms with Crippen LogP contribution in [-0.2, 0) is 11.3 Å². The molecular weight excluding hydrogens is 466 g/mol. The van der Waals surface area contributed by atoms with E-state index in [0.29, 0.717) is 38.1 Å². The van der Waals surface area contributed by atoms with Crippen molar-refractivity contribution < 1.29 is 14.0 Å². The van der Waals surface area contributed by atoms with Crippen LogP contribution >= 0.6 is 11.3 Å². The standard InChI is InChI=1S/C25H21N5O4S/c1-14-15(2)35-24-22(14)25(33)30(13-26-24)10-9-21(31)28-29-23(32)17-12-19(20-8-5-11-34-20)27-18-7-4-3-6-16(17)18/h3-8,11-13H,9-10H2,1-2H3,(H,28,31)(H,29,32). The van der Waals surface area contributed by atoms with Gasteiger partial charge in [0.25, 0.3) is 11.5 Å². The predicted octanol–water partition coefficient (Wildman–Crippen LogP) is 3.73. The van der Waals surface area contributed by atoms with Gasteiger partial charge in [-0.15, -0.1) is 11.3 Å². The van der Waals surface area contributed by atoms with Crippen LogP contribution in [0.3, 0.4) is 0 Å². The zero-order valence-corrected chi connectivity index (χ0v) is 19.8. The van der Waals surface area contributed by atoms with Gasteiger partial charge in [-0.3, -0.25) is 29.8 Å². The topological polar surface area (TPSA) is 119 Å². The number of fused-ring (bicyclic) bond motifs is 2. The summed E-state index contributed by atoms with van der Waals surface area (Å²) < 4.78 is 6.84. The number of thiophene rings is 1. The van der Waals surface area contributed by atoms with E-state index < -0.39 is 11.8 Å². The second kappa shape index (κ2) is 9.15. The number of hydrogen-bond donors (Lipinski definition) is 2. The van der Waals surface area contributed by atoms with Crippen molar-refractivity contribution in [3.8, 4) is 11.5 Å². The molecule has 0 spiro atoms. The van der Waals surface area contributed by atoms with Gasteiger partial charge in [-0.1, -0.05) is 18.2 Å². The number of nitrogens with zero attached hydrogens (tertiary/aromatic N) is 3. The van der Waals surface area contributed by atoms with Gasteiger partial charge in [0.1, 0.15) is 10.5 Å². The van der Waals surface area contributed by atoms with Crippen molar-refractivity contribution in [3.63, 3.8) is 0 Å². The normalized spacial score (nSPS) is 11.1. The number of carbonyl (C=O) groups excluding carboxylic acids is 2. The number of nitrogens with one attached hydrogen (secondary N) is 2. The van der Waals surface area contributed by atoms with E-state index in [2.05, 4.69) is 20.8 Å². The highest BCUT2D eigenvalue weighted by Gasteiger charge is 2.16. The Morgan fingerprint density at radius 1 is 1.11 bits per heavy atom. The molecule has 0 radical (unpaired) electrons. The molecule has 9 nitrogen and oxygen atoms in total. The summed E-state index contributed by atoms with van der Waals surface area (Å²) in [5.74, 6) is -0.400. The zero-order valence-electron chi connectivity index (χ0n) is 19.0. The fraction of sp³-hybridized carbons (Fsp3) is 0.160. The molecule has 5 rings (SSSR count). The summed E-state index contributed by atoms with van der Waals surface area (Å²) in [7, 11) is 0. The number of aromatic nitrogens is 3. The molecule has 0 fully saturated rings. The van der Waals surface area contributed by atoms with E-state index in [1.165, 1.54) is 28.5 Å². The Labute approximate surface area is 203 Å². The number of hydrogen-bond acceptors (Lipinski definition) is 7. The molecule has 2 amide bonds. The number of furan rings is 1. The molecule has 0 unspecified atom stereocenters. The van der Waals surface area contributed by atoms with Gasteiger partial charge in [-0.25, -0.2) is 9.97 Å². The van der Waals surface area contributed by atoms with Gasteiger partial charge in [0.05, 0.1) is 29.1 Å². The van der Waals surface area contributed by atoms with Crippen molar-refractivity contribution >= 4 is 44.3 Å². The lowest BCUT2D eigenvalue weighted by Gasteiger charge is -2.11. The Morgan fingerprint density at radius 3 is 2.74 bits per heavy atom. The van der Waals surface area contributed by atoms with E-state index in [0.717, 1.165) is 10.4 Å². The van der Waals surface area contributed by atoms with Gasteiger partial charge in [0.2, 0.25) is 5.91 Å². The number of para-hydroxylation sites is 1. The van der Waals surface area contributed by atoms with Crippen molar-refractivity contribution in [2.45, 2.75) is 26.8 Å². The van der Waals surface area contributed by atoms with E-state index in [1.54, 1.807) is 30.3 Å². The average Bonchev–Trinajstić information content (AvgIpc) is 3.50. The first-order valence-electron chi connectivity index (χ1n) is 10.9. The number of pyridine rings is 1. The highest BCUT2D eigenvalue weighted by molar-refractivity contribution is 7.18. The molecule has 0 aliphatic heterocycles. The lowest BCUT2D eigenvalue weighted by molar-refractivity contribution is -0.122. The van der Waals surface area contributed by atoms with E-state index >= 15 is 0 Å². The minimum Gasteiger partial charge on any atom is -0.463 e. The number of aryl methyl sites for hydroxylation is 3. The van der Waals surface area contributed by atoms with Gasteiger partial charge >= 0.3 is 0 Å². The fourth-order valence-electron chi connectivity index (χ4n) is 3.82. The first-order chi connectivity index (χ1) is 16.9. The lowest BCUT2D eigenvalue weighted by Crippen LogP contribution is -2.42. The van der Waals surface area contributed by atoms with Crippen LogP contribution < -0.4 is 16.4 Å². The van der Waals surface area contributed by atoms with E-state index in [1.807, 2.05) is 26.0 Å². The first kappa shape index (κ1) is 22.5. The Balaban J connectivity index is 1.29. The molecule has 5 aromatic rings. The Morgan fingerprint density at radius 2 is 1.94 bits per heavy atom. The molecule has 0 aliphatic rings. The van der Waals surface area contributed by atoms with Crippen molar-refractivity contribution in [2.24, 2.45) is 0 Å². The number of carbonyl (C=O) groups is 2. The van der Waals surface area contributed by atoms with Crippen molar-refractivity contribution in [3.05, 3.63) is 81.4 Å². The Kier molecular flexibility index (Phi) is 5.87. The highest BCUT2D eigenvalue weighted by Crippen LogP contribution is 2.26. The maximum atomic E-state index is 13.0. The van der Waals surface area contributed by atoms with Crippen LogP contribution in [0.5, 0.6) is 0 Å². The summed E-state index contributed by atoms with van der Waals surface area (Å²) in [6.45, 7) is 3.98. The van der Waals surface area contributed by atoms with Gasteiger partial charge < -0.3 is 4.42 Å². The maximum Gasteiger partial charge on any atom is 0.270 e. The van der Waals surface area contributed by atoms with Crippen LogP contribution in [0.25, 0.3) is 32.6 Å². The van der Waals surface area contributed by atoms with Gasteiger partial charge in [0.15, 0.2) is 5.76 Å². The average molecular weight is 488 g/mol. The molecule has 0 aliphatic carbocycles. The third-order valence-corrected chi connectivity index (χ3v) is 6.90. The van der Waals surface area contributed by atoms with Crippen LogP contribution in [0.1, 0.15) is 27.2 Å². The molecule has 0 saturated carbocycles. The zero-order chi connectivity index (χ0) is 24.5. The summed E-state index contributed by atoms with van der Waals surface area (Å²) in [6, 6.07) is 12.3. The molecular formula is C25H21N5O4S. The highest BCUT2D eigenvalue weighted by atomic mass is 32.1. The minimum atomic E-state index is -0.491. The van der Waals surface area contributed by atoms with E-state index in [-0.39, 0.29) is 18.5 Å². The van der Waals surface area contributed by atoms with E-state index in [9.17, 15) is 14.4 Å². The van der Waals surface area contributed by atoms with Crippen LogP contribution in [-0.4, -0.2) is 26.3 Å². The summed E-state index contributed by atoms with van der Waals surface area (Å²) >= 11 is 1.47. The summed E-state index contributed by atoms with van der Waals surface area (Å²) in [5, 5.41) is 1.22. The molecule has 0 atom stereocenters. The molecule has 1 aromatic carbocycles. The molecule has 35 heavy (non-hydrogen) atoms. The van der Waals surface area contributed by atoms with Crippen molar-refractivity contribution in [2.75, 3.05) is 0 Å². The molecule has 0 saturated heterocycles. The second-order valence-electron chi connectivity index (χ2n) is 8.01. The third kappa shape index (κ3) is 4.31. The second-order valence-corrected chi connectivity index (χ2v) is 9.21. The number of rotatable bonds is 5. The smallest absolute Gasteiger partial charge is 0.270 e. The maximum absolute atomic E-state index is 13.0. The quantitative estimate of drug-likeness (QED) is 0.365. The minimum absolute atomic E-state index is 0.00964. The molecule has 10 heteroatoms. The van der Waals surface area contributed by atoms with Crippen molar-refractivity contribution in [1.82, 2.24) is 25.4 Å². The Bertz CT molecular complexity index is 1640. The van der Waals surface area contributed by atoms with Gasteiger partial charge in [0, 0.05) is 23.2 Å². The largest absolute Gasteiger partial charge is 0.463 e. The number of hydrazine groups is 1. The van der Waals surface area contributed by atoms with E-state index in [4.69, 9.17) is 4.42 Å². The number of benzene rings is 1. The van der Waals surface area contributed by atoms with Crippen LogP contribution in [0.15, 0.2) is 64.3 Å². The summed E-state index contributed by atoms with van der Waals surface area (Å²) in [5.41, 5.74) is 7.09.